The van der Waals surface area contributed by atoms with Gasteiger partial charge in [0.2, 0.25) is 0 Å². The van der Waals surface area contributed by atoms with Crippen molar-refractivity contribution in [3.05, 3.63) is 0 Å². The zero-order valence-electron chi connectivity index (χ0n) is 15.7. The fourth-order valence-corrected chi connectivity index (χ4v) is 2.41. The summed E-state index contributed by atoms with van der Waals surface area (Å²) >= 11 is 0. The molecule has 24 heavy (non-hydrogen) atoms. The molecule has 1 aliphatic heterocycles. The highest BCUT2D eigenvalue weighted by atomic mass is 16.6. The number of carbonyl (C=O) groups is 3. The maximum absolute atomic E-state index is 12.5. The highest BCUT2D eigenvalue weighted by Gasteiger charge is 2.41. The number of likely N-dealkylation sites (tertiary alicyclic amines) is 1. The van der Waals surface area contributed by atoms with Gasteiger partial charge in [-0.05, 0) is 54.4 Å². The normalized spacial score (nSPS) is 21.9. The Kier molecular flexibility index (Phi) is 6.25. The number of ether oxygens (including phenoxy) is 3. The lowest BCUT2D eigenvalue weighted by Crippen LogP contribution is -2.55. The molecule has 0 aliphatic carbocycles. The summed E-state index contributed by atoms with van der Waals surface area (Å²) in [5.74, 6) is -0.894. The van der Waals surface area contributed by atoms with Crippen LogP contribution in [0.3, 0.4) is 0 Å². The van der Waals surface area contributed by atoms with Crippen LogP contribution < -0.4 is 0 Å². The highest BCUT2D eigenvalue weighted by molar-refractivity contribution is 5.82. The molecule has 0 saturated carbocycles. The minimum absolute atomic E-state index is 0.110. The molecule has 138 valence electrons. The van der Waals surface area contributed by atoms with Gasteiger partial charge in [-0.25, -0.2) is 9.59 Å². The third-order valence-electron chi connectivity index (χ3n) is 3.18. The van der Waals surface area contributed by atoms with Gasteiger partial charge in [0, 0.05) is 6.92 Å². The zero-order valence-corrected chi connectivity index (χ0v) is 15.7. The van der Waals surface area contributed by atoms with Gasteiger partial charge in [-0.1, -0.05) is 0 Å². The maximum Gasteiger partial charge on any atom is 0.411 e. The molecule has 0 aromatic heterocycles. The molecule has 0 radical (unpaired) electrons. The maximum atomic E-state index is 12.5. The van der Waals surface area contributed by atoms with Crippen molar-refractivity contribution in [1.29, 1.82) is 0 Å². The topological polar surface area (TPSA) is 82.1 Å². The Morgan fingerprint density at radius 2 is 1.46 bits per heavy atom. The number of amides is 1. The van der Waals surface area contributed by atoms with Crippen molar-refractivity contribution in [3.8, 4) is 0 Å². The molecular weight excluding hydrogens is 314 g/mol. The molecule has 0 N–H and O–H groups in total. The molecule has 1 fully saturated rings. The standard InChI is InChI=1S/C17H29NO6/c1-11(19)22-12-8-9-13(14(20)23-16(2,3)4)18(10-12)15(21)24-17(5,6)7/h12-13H,8-10H2,1-7H3/t12-,13+/m1/s1. The first-order valence-electron chi connectivity index (χ1n) is 8.18. The largest absolute Gasteiger partial charge is 0.461 e. The van der Waals surface area contributed by atoms with Crippen LogP contribution in [0.4, 0.5) is 4.79 Å². The summed E-state index contributed by atoms with van der Waals surface area (Å²) in [6.45, 7) is 12.0. The quantitative estimate of drug-likeness (QED) is 0.566. The van der Waals surface area contributed by atoms with Crippen molar-refractivity contribution in [2.45, 2.75) is 84.7 Å². The molecule has 1 heterocycles. The number of hydrogen-bond acceptors (Lipinski definition) is 6. The van der Waals surface area contributed by atoms with Crippen LogP contribution in [0.5, 0.6) is 0 Å². The van der Waals surface area contributed by atoms with Gasteiger partial charge in [-0.3, -0.25) is 9.69 Å². The van der Waals surface area contributed by atoms with Gasteiger partial charge in [0.15, 0.2) is 0 Å². The van der Waals surface area contributed by atoms with Crippen LogP contribution in [0.15, 0.2) is 0 Å². The van der Waals surface area contributed by atoms with Crippen molar-refractivity contribution < 1.29 is 28.6 Å². The predicted molar refractivity (Wildman–Crippen MR) is 87.4 cm³/mol. The Hall–Kier alpha value is -1.79. The minimum atomic E-state index is -0.745. The lowest BCUT2D eigenvalue weighted by atomic mass is 10.00. The summed E-state index contributed by atoms with van der Waals surface area (Å²) < 4.78 is 16.0. The second kappa shape index (κ2) is 7.40. The Labute approximate surface area is 143 Å². The van der Waals surface area contributed by atoms with Gasteiger partial charge < -0.3 is 14.2 Å². The van der Waals surface area contributed by atoms with Gasteiger partial charge >= 0.3 is 18.0 Å². The van der Waals surface area contributed by atoms with E-state index < -0.39 is 41.4 Å². The predicted octanol–water partition coefficient (Wildman–Crippen LogP) is 2.66. The molecule has 1 aliphatic rings. The highest BCUT2D eigenvalue weighted by Crippen LogP contribution is 2.25. The van der Waals surface area contributed by atoms with Crippen molar-refractivity contribution >= 4 is 18.0 Å². The van der Waals surface area contributed by atoms with E-state index in [4.69, 9.17) is 14.2 Å². The molecule has 1 amide bonds. The molecule has 7 heteroatoms. The summed E-state index contributed by atoms with van der Waals surface area (Å²) in [4.78, 5) is 37.4. The van der Waals surface area contributed by atoms with E-state index in [-0.39, 0.29) is 6.54 Å². The van der Waals surface area contributed by atoms with Gasteiger partial charge in [0.1, 0.15) is 23.3 Å². The van der Waals surface area contributed by atoms with Crippen molar-refractivity contribution in [1.82, 2.24) is 4.90 Å². The number of hydrogen-bond donors (Lipinski definition) is 0. The SMILES string of the molecule is CC(=O)O[C@@H]1CC[C@@H](C(=O)OC(C)(C)C)N(C(=O)OC(C)(C)C)C1. The molecule has 0 aromatic rings. The second-order valence-electron chi connectivity index (χ2n) is 7.99. The summed E-state index contributed by atoms with van der Waals surface area (Å²) in [5.41, 5.74) is -1.34. The van der Waals surface area contributed by atoms with E-state index >= 15 is 0 Å². The lowest BCUT2D eigenvalue weighted by molar-refractivity contribution is -0.165. The summed E-state index contributed by atoms with van der Waals surface area (Å²) in [6.07, 6.45) is -0.224. The van der Waals surface area contributed by atoms with E-state index in [9.17, 15) is 14.4 Å². The van der Waals surface area contributed by atoms with Crippen LogP contribution in [-0.2, 0) is 23.8 Å². The molecule has 0 aromatic carbocycles. The van der Waals surface area contributed by atoms with E-state index in [0.29, 0.717) is 12.8 Å². The van der Waals surface area contributed by atoms with Gasteiger partial charge in [0.05, 0.1) is 6.54 Å². The molecule has 7 nitrogen and oxygen atoms in total. The van der Waals surface area contributed by atoms with E-state index in [0.717, 1.165) is 0 Å². The van der Waals surface area contributed by atoms with Crippen LogP contribution in [0, 0.1) is 0 Å². The monoisotopic (exact) mass is 343 g/mol. The minimum Gasteiger partial charge on any atom is -0.461 e. The van der Waals surface area contributed by atoms with Crippen molar-refractivity contribution in [2.24, 2.45) is 0 Å². The average molecular weight is 343 g/mol. The summed E-state index contributed by atoms with van der Waals surface area (Å²) in [5, 5.41) is 0. The lowest BCUT2D eigenvalue weighted by Gasteiger charge is -2.39. The first-order valence-corrected chi connectivity index (χ1v) is 8.18. The van der Waals surface area contributed by atoms with E-state index in [1.54, 1.807) is 41.5 Å². The number of carbonyl (C=O) groups excluding carboxylic acids is 3. The third kappa shape index (κ3) is 6.76. The van der Waals surface area contributed by atoms with E-state index in [2.05, 4.69) is 0 Å². The van der Waals surface area contributed by atoms with Crippen LogP contribution in [0.1, 0.15) is 61.3 Å². The van der Waals surface area contributed by atoms with Crippen LogP contribution in [0.25, 0.3) is 0 Å². The molecule has 0 spiro atoms. The van der Waals surface area contributed by atoms with Gasteiger partial charge in [0.25, 0.3) is 0 Å². The Morgan fingerprint density at radius 3 is 1.92 bits per heavy atom. The molecule has 1 rings (SSSR count). The van der Waals surface area contributed by atoms with E-state index in [1.165, 1.54) is 11.8 Å². The summed E-state index contributed by atoms with van der Waals surface area (Å²) in [7, 11) is 0. The van der Waals surface area contributed by atoms with Crippen molar-refractivity contribution in [2.75, 3.05) is 6.54 Å². The smallest absolute Gasteiger partial charge is 0.411 e. The first kappa shape index (κ1) is 20.3. The zero-order chi connectivity index (χ0) is 18.7. The van der Waals surface area contributed by atoms with Crippen molar-refractivity contribution in [3.63, 3.8) is 0 Å². The van der Waals surface area contributed by atoms with E-state index in [1.807, 2.05) is 0 Å². The summed E-state index contributed by atoms with van der Waals surface area (Å²) in [6, 6.07) is -0.745. The number of piperidine rings is 1. The Bertz CT molecular complexity index is 488. The Balaban J connectivity index is 2.93. The molecule has 0 bridgehead atoms. The molecule has 2 atom stereocenters. The fourth-order valence-electron chi connectivity index (χ4n) is 2.41. The number of esters is 2. The average Bonchev–Trinajstić information content (AvgIpc) is 2.33. The van der Waals surface area contributed by atoms with Gasteiger partial charge in [-0.2, -0.15) is 0 Å². The molecular formula is C17H29NO6. The fraction of sp³-hybridized carbons (Fsp3) is 0.824. The van der Waals surface area contributed by atoms with Crippen LogP contribution in [-0.4, -0.2) is 52.8 Å². The Morgan fingerprint density at radius 1 is 0.917 bits per heavy atom. The van der Waals surface area contributed by atoms with Gasteiger partial charge in [-0.15, -0.1) is 0 Å². The third-order valence-corrected chi connectivity index (χ3v) is 3.18. The van der Waals surface area contributed by atoms with Crippen LogP contribution >= 0.6 is 0 Å². The van der Waals surface area contributed by atoms with Crippen LogP contribution in [0.2, 0.25) is 0 Å². The number of nitrogens with zero attached hydrogens (tertiary/aromatic N) is 1. The number of rotatable bonds is 2. The molecule has 1 saturated heterocycles. The first-order chi connectivity index (χ1) is 10.8. The molecule has 0 unspecified atom stereocenters. The second-order valence-corrected chi connectivity index (χ2v) is 7.99.